The van der Waals surface area contributed by atoms with Crippen LogP contribution in [0.2, 0.25) is 0 Å². The quantitative estimate of drug-likeness (QED) is 0.161. The number of ether oxygens (including phenoxy) is 2. The van der Waals surface area contributed by atoms with Crippen molar-refractivity contribution in [1.82, 2.24) is 0 Å². The van der Waals surface area contributed by atoms with Gasteiger partial charge in [-0.15, -0.1) is 0 Å². The second-order valence-corrected chi connectivity index (χ2v) is 11.7. The zero-order valence-electron chi connectivity index (χ0n) is 23.3. The van der Waals surface area contributed by atoms with E-state index in [1.807, 2.05) is 31.2 Å². The normalized spacial score (nSPS) is 11.1. The van der Waals surface area contributed by atoms with Crippen LogP contribution in [0.3, 0.4) is 0 Å². The third kappa shape index (κ3) is 9.57. The molecule has 0 saturated carbocycles. The molecule has 0 aromatic heterocycles. The lowest BCUT2D eigenvalue weighted by molar-refractivity contribution is -0.385. The second kappa shape index (κ2) is 12.8. The van der Waals surface area contributed by atoms with E-state index in [0.717, 1.165) is 11.1 Å². The first-order valence-corrected chi connectivity index (χ1v) is 12.9. The van der Waals surface area contributed by atoms with Crippen LogP contribution in [0.1, 0.15) is 67.8 Å². The third-order valence-corrected chi connectivity index (χ3v) is 5.43. The van der Waals surface area contributed by atoms with E-state index in [1.54, 1.807) is 53.7 Å². The highest BCUT2D eigenvalue weighted by molar-refractivity contribution is 9.10. The smallest absolute Gasteiger partial charge is 0.345 e. The molecule has 0 spiro atoms. The number of nitrogens with zero attached hydrogens (tertiary/aromatic N) is 2. The Morgan fingerprint density at radius 1 is 0.700 bits per heavy atom. The number of aryl methyl sites for hydroxylation is 1. The van der Waals surface area contributed by atoms with Gasteiger partial charge in [0.2, 0.25) is 0 Å². The summed E-state index contributed by atoms with van der Waals surface area (Å²) in [6, 6.07) is 16.4. The summed E-state index contributed by atoms with van der Waals surface area (Å²) >= 11 is 3.12. The van der Waals surface area contributed by atoms with Gasteiger partial charge in [-0.1, -0.05) is 51.8 Å². The fourth-order valence-electron chi connectivity index (χ4n) is 3.35. The number of halogens is 1. The highest BCUT2D eigenvalue weighted by Gasteiger charge is 2.27. The summed E-state index contributed by atoms with van der Waals surface area (Å²) in [5.41, 5.74) is 0.609. The first-order chi connectivity index (χ1) is 18.4. The SMILES string of the molecule is CC(C)(C)OC(=O)c1ccc(Br)cc1[N+](=O)[O-].Cc1cccc(-c2ccc(C(=O)OC(C)(C)C)c([N+](=O)[O-])c2)c1. The average Bonchev–Trinajstić information content (AvgIpc) is 2.81. The Hall–Kier alpha value is -4.12. The van der Waals surface area contributed by atoms with Gasteiger partial charge in [-0.2, -0.15) is 0 Å². The standard InChI is InChI=1S/C18H19NO4.C11H12BrNO4/c1-12-6-5-7-13(10-12)14-8-9-15(16(11-14)19(21)22)17(20)23-18(2,3)4;1-11(2,3)17-10(14)8-5-4-7(12)6-9(8)13(15)16/h5-11H,1-4H3;4-6H,1-3H3. The summed E-state index contributed by atoms with van der Waals surface area (Å²) < 4.78 is 10.9. The number of rotatable bonds is 5. The minimum atomic E-state index is -0.708. The van der Waals surface area contributed by atoms with E-state index >= 15 is 0 Å². The molecule has 0 bridgehead atoms. The molecule has 0 unspecified atom stereocenters. The molecular weight excluding hydrogens is 584 g/mol. The molecular formula is C29H31BrN2O8. The molecule has 10 nitrogen and oxygen atoms in total. The molecule has 0 aliphatic rings. The summed E-state index contributed by atoms with van der Waals surface area (Å²) in [5.74, 6) is -1.39. The molecule has 0 radical (unpaired) electrons. The van der Waals surface area contributed by atoms with E-state index in [4.69, 9.17) is 9.47 Å². The first-order valence-electron chi connectivity index (χ1n) is 12.1. The number of nitro benzene ring substituents is 2. The van der Waals surface area contributed by atoms with Gasteiger partial charge in [-0.25, -0.2) is 9.59 Å². The monoisotopic (exact) mass is 614 g/mol. The van der Waals surface area contributed by atoms with E-state index in [9.17, 15) is 29.8 Å². The predicted octanol–water partition coefficient (Wildman–Crippen LogP) is 7.84. The number of carbonyl (C=O) groups is 2. The zero-order chi connectivity index (χ0) is 30.4. The minimum absolute atomic E-state index is 0.0404. The molecule has 0 aliphatic heterocycles. The van der Waals surface area contributed by atoms with Crippen LogP contribution in [0.4, 0.5) is 11.4 Å². The molecule has 0 atom stereocenters. The van der Waals surface area contributed by atoms with Gasteiger partial charge in [-0.3, -0.25) is 20.2 Å². The van der Waals surface area contributed by atoms with Crippen LogP contribution < -0.4 is 0 Å². The summed E-state index contributed by atoms with van der Waals surface area (Å²) in [4.78, 5) is 44.9. The van der Waals surface area contributed by atoms with Crippen molar-refractivity contribution in [3.63, 3.8) is 0 Å². The molecule has 3 rings (SSSR count). The number of hydrogen-bond acceptors (Lipinski definition) is 8. The van der Waals surface area contributed by atoms with Gasteiger partial charge in [0.15, 0.2) is 0 Å². The number of carbonyl (C=O) groups excluding carboxylic acids is 2. The van der Waals surface area contributed by atoms with Crippen LogP contribution in [0.15, 0.2) is 65.1 Å². The zero-order valence-corrected chi connectivity index (χ0v) is 24.9. The molecule has 212 valence electrons. The van der Waals surface area contributed by atoms with Crippen molar-refractivity contribution in [3.8, 4) is 11.1 Å². The summed E-state index contributed by atoms with van der Waals surface area (Å²) in [5, 5.41) is 22.2. The molecule has 0 heterocycles. The highest BCUT2D eigenvalue weighted by atomic mass is 79.9. The number of nitro groups is 2. The molecule has 3 aromatic carbocycles. The minimum Gasteiger partial charge on any atom is -0.456 e. The lowest BCUT2D eigenvalue weighted by Crippen LogP contribution is -2.24. The predicted molar refractivity (Wildman–Crippen MR) is 154 cm³/mol. The topological polar surface area (TPSA) is 139 Å². The highest BCUT2D eigenvalue weighted by Crippen LogP contribution is 2.29. The maximum atomic E-state index is 12.2. The van der Waals surface area contributed by atoms with Gasteiger partial charge in [-0.05, 0) is 77.8 Å². The molecule has 11 heteroatoms. The maximum absolute atomic E-state index is 12.2. The average molecular weight is 615 g/mol. The van der Waals surface area contributed by atoms with Crippen LogP contribution in [0, 0.1) is 27.2 Å². The molecule has 3 aromatic rings. The molecule has 0 saturated heterocycles. The van der Waals surface area contributed by atoms with Gasteiger partial charge >= 0.3 is 11.9 Å². The number of esters is 2. The Morgan fingerprint density at radius 2 is 1.15 bits per heavy atom. The van der Waals surface area contributed by atoms with E-state index in [0.29, 0.717) is 10.0 Å². The molecule has 0 fully saturated rings. The van der Waals surface area contributed by atoms with Crippen LogP contribution in [-0.2, 0) is 9.47 Å². The van der Waals surface area contributed by atoms with E-state index in [1.165, 1.54) is 24.3 Å². The largest absolute Gasteiger partial charge is 0.456 e. The van der Waals surface area contributed by atoms with Crippen LogP contribution >= 0.6 is 15.9 Å². The third-order valence-electron chi connectivity index (χ3n) is 4.94. The van der Waals surface area contributed by atoms with Crippen molar-refractivity contribution in [2.24, 2.45) is 0 Å². The molecule has 0 aliphatic carbocycles. The fraction of sp³-hybridized carbons (Fsp3) is 0.310. The van der Waals surface area contributed by atoms with Crippen molar-refractivity contribution >= 4 is 39.2 Å². The number of benzene rings is 3. The Morgan fingerprint density at radius 3 is 1.60 bits per heavy atom. The first kappa shape index (κ1) is 32.1. The fourth-order valence-corrected chi connectivity index (χ4v) is 3.70. The van der Waals surface area contributed by atoms with E-state index < -0.39 is 33.0 Å². The van der Waals surface area contributed by atoms with Crippen molar-refractivity contribution < 1.29 is 28.9 Å². The summed E-state index contributed by atoms with van der Waals surface area (Å²) in [6.07, 6.45) is 0. The maximum Gasteiger partial charge on any atom is 0.345 e. The van der Waals surface area contributed by atoms with Crippen LogP contribution in [0.25, 0.3) is 11.1 Å². The van der Waals surface area contributed by atoms with E-state index in [2.05, 4.69) is 15.9 Å². The van der Waals surface area contributed by atoms with E-state index in [-0.39, 0.29) is 22.5 Å². The van der Waals surface area contributed by atoms with Crippen molar-refractivity contribution in [3.05, 3.63) is 102 Å². The van der Waals surface area contributed by atoms with Gasteiger partial charge in [0.25, 0.3) is 11.4 Å². The lowest BCUT2D eigenvalue weighted by Gasteiger charge is -2.19. The number of hydrogen-bond donors (Lipinski definition) is 0. The molecule has 0 N–H and O–H groups in total. The van der Waals surface area contributed by atoms with Gasteiger partial charge in [0.1, 0.15) is 22.3 Å². The molecule has 40 heavy (non-hydrogen) atoms. The van der Waals surface area contributed by atoms with Crippen molar-refractivity contribution in [2.45, 2.75) is 59.7 Å². The Bertz CT molecular complexity index is 1440. The second-order valence-electron chi connectivity index (χ2n) is 10.8. The Balaban J connectivity index is 0.000000294. The molecule has 0 amide bonds. The van der Waals surface area contributed by atoms with Crippen LogP contribution in [0.5, 0.6) is 0 Å². The van der Waals surface area contributed by atoms with Crippen molar-refractivity contribution in [2.75, 3.05) is 0 Å². The lowest BCUT2D eigenvalue weighted by atomic mass is 10.0. The van der Waals surface area contributed by atoms with Crippen LogP contribution in [-0.4, -0.2) is 33.0 Å². The van der Waals surface area contributed by atoms with Gasteiger partial charge in [0, 0.05) is 16.6 Å². The Kier molecular flexibility index (Phi) is 10.3. The summed E-state index contributed by atoms with van der Waals surface area (Å²) in [7, 11) is 0. The Labute approximate surface area is 240 Å². The van der Waals surface area contributed by atoms with Crippen molar-refractivity contribution in [1.29, 1.82) is 0 Å². The van der Waals surface area contributed by atoms with Gasteiger partial charge in [0.05, 0.1) is 9.85 Å². The summed E-state index contributed by atoms with van der Waals surface area (Å²) in [6.45, 7) is 12.2. The van der Waals surface area contributed by atoms with Gasteiger partial charge < -0.3 is 9.47 Å².